The minimum Gasteiger partial charge on any atom is -0.377 e. The quantitative estimate of drug-likeness (QED) is 0.476. The molecule has 0 saturated carbocycles. The van der Waals surface area contributed by atoms with Gasteiger partial charge in [-0.15, -0.1) is 0 Å². The first-order valence-corrected chi connectivity index (χ1v) is 12.4. The molecular formula is C26H36N8O. The van der Waals surface area contributed by atoms with Gasteiger partial charge in [-0.3, -0.25) is 9.48 Å². The third-order valence-electron chi connectivity index (χ3n) is 7.01. The molecule has 0 spiro atoms. The van der Waals surface area contributed by atoms with Crippen LogP contribution in [0.4, 0.5) is 0 Å². The van der Waals surface area contributed by atoms with Crippen molar-refractivity contribution in [2.75, 3.05) is 26.7 Å². The molecule has 35 heavy (non-hydrogen) atoms. The predicted octanol–water partition coefficient (Wildman–Crippen LogP) is 3.36. The Balaban J connectivity index is 1.62. The summed E-state index contributed by atoms with van der Waals surface area (Å²) in [6.45, 7) is 9.94. The Hall–Kier alpha value is -3.46. The number of piperidine rings is 1. The number of rotatable bonds is 9. The SMILES string of the molecule is C=C/C(=C\N(C)C1CCN(C(=O)CN)CC1)c1cn2nccc2c(-c2cnn(C(CC)CC)c2)n1. The summed E-state index contributed by atoms with van der Waals surface area (Å²) in [5.74, 6) is 0.0187. The van der Waals surface area contributed by atoms with Crippen LogP contribution in [0.5, 0.6) is 0 Å². The maximum absolute atomic E-state index is 11.9. The van der Waals surface area contributed by atoms with Gasteiger partial charge in [0.25, 0.3) is 0 Å². The molecule has 0 aromatic carbocycles. The zero-order valence-corrected chi connectivity index (χ0v) is 21.0. The minimum atomic E-state index is 0.0187. The predicted molar refractivity (Wildman–Crippen MR) is 138 cm³/mol. The van der Waals surface area contributed by atoms with Gasteiger partial charge in [0.05, 0.1) is 48.1 Å². The van der Waals surface area contributed by atoms with Gasteiger partial charge in [-0.1, -0.05) is 26.5 Å². The molecule has 1 fully saturated rings. The first-order valence-electron chi connectivity index (χ1n) is 12.4. The number of aromatic nitrogens is 5. The summed E-state index contributed by atoms with van der Waals surface area (Å²) < 4.78 is 3.90. The summed E-state index contributed by atoms with van der Waals surface area (Å²) in [5, 5.41) is 9.11. The normalized spacial score (nSPS) is 15.2. The topological polar surface area (TPSA) is 97.6 Å². The molecule has 3 aromatic heterocycles. The number of allylic oxidation sites excluding steroid dienone is 2. The number of likely N-dealkylation sites (tertiary alicyclic amines) is 1. The van der Waals surface area contributed by atoms with Crippen LogP contribution in [-0.4, -0.2) is 72.8 Å². The van der Waals surface area contributed by atoms with E-state index in [1.807, 2.05) is 38.6 Å². The van der Waals surface area contributed by atoms with Crippen molar-refractivity contribution in [2.45, 2.75) is 51.6 Å². The van der Waals surface area contributed by atoms with Gasteiger partial charge >= 0.3 is 0 Å². The molecule has 1 aliphatic rings. The largest absolute Gasteiger partial charge is 0.377 e. The number of fused-ring (bicyclic) bond motifs is 1. The van der Waals surface area contributed by atoms with Gasteiger partial charge in [-0.05, 0) is 31.7 Å². The second-order valence-corrected chi connectivity index (χ2v) is 9.09. The number of carbonyl (C=O) groups is 1. The van der Waals surface area contributed by atoms with E-state index in [0.29, 0.717) is 12.1 Å². The van der Waals surface area contributed by atoms with Crippen LogP contribution in [0.1, 0.15) is 51.3 Å². The molecule has 4 rings (SSSR count). The Labute approximate surface area is 206 Å². The van der Waals surface area contributed by atoms with Crippen molar-refractivity contribution in [3.05, 3.63) is 55.4 Å². The Morgan fingerprint density at radius 3 is 2.66 bits per heavy atom. The van der Waals surface area contributed by atoms with Gasteiger partial charge in [-0.25, -0.2) is 9.50 Å². The maximum Gasteiger partial charge on any atom is 0.236 e. The first kappa shape index (κ1) is 24.7. The zero-order valence-electron chi connectivity index (χ0n) is 21.0. The second-order valence-electron chi connectivity index (χ2n) is 9.09. The lowest BCUT2D eigenvalue weighted by Gasteiger charge is -2.36. The molecule has 9 heteroatoms. The number of carbonyl (C=O) groups excluding carboxylic acids is 1. The van der Waals surface area contributed by atoms with Gasteiger partial charge in [0, 0.05) is 49.7 Å². The Morgan fingerprint density at radius 1 is 1.26 bits per heavy atom. The van der Waals surface area contributed by atoms with E-state index in [2.05, 4.69) is 55.0 Å². The lowest BCUT2D eigenvalue weighted by Crippen LogP contribution is -2.46. The van der Waals surface area contributed by atoms with Crippen molar-refractivity contribution >= 4 is 17.0 Å². The van der Waals surface area contributed by atoms with E-state index >= 15 is 0 Å². The first-order chi connectivity index (χ1) is 17.0. The fraction of sp³-hybridized carbons (Fsp3) is 0.462. The number of hydrogen-bond donors (Lipinski definition) is 1. The van der Waals surface area contributed by atoms with Crippen LogP contribution in [0.2, 0.25) is 0 Å². The summed E-state index contributed by atoms with van der Waals surface area (Å²) in [6.07, 6.45) is 15.5. The van der Waals surface area contributed by atoms with E-state index in [0.717, 1.165) is 66.8 Å². The molecule has 3 aromatic rings. The fourth-order valence-corrected chi connectivity index (χ4v) is 4.80. The number of nitrogens with zero attached hydrogens (tertiary/aromatic N) is 7. The fourth-order valence-electron chi connectivity index (χ4n) is 4.80. The van der Waals surface area contributed by atoms with Crippen molar-refractivity contribution < 1.29 is 4.79 Å². The van der Waals surface area contributed by atoms with E-state index < -0.39 is 0 Å². The molecule has 1 aliphatic heterocycles. The molecule has 0 unspecified atom stereocenters. The lowest BCUT2D eigenvalue weighted by atomic mass is 10.0. The summed E-state index contributed by atoms with van der Waals surface area (Å²) in [7, 11) is 2.07. The highest BCUT2D eigenvalue weighted by molar-refractivity contribution is 5.80. The van der Waals surface area contributed by atoms with Crippen molar-refractivity contribution in [3.63, 3.8) is 0 Å². The number of amides is 1. The van der Waals surface area contributed by atoms with Gasteiger partial charge in [-0.2, -0.15) is 10.2 Å². The van der Waals surface area contributed by atoms with Crippen molar-refractivity contribution in [1.82, 2.24) is 34.2 Å². The Kier molecular flexibility index (Phi) is 7.65. The molecule has 0 bridgehead atoms. The molecular weight excluding hydrogens is 440 g/mol. The number of nitrogens with two attached hydrogens (primary N) is 1. The highest BCUT2D eigenvalue weighted by Gasteiger charge is 2.24. The van der Waals surface area contributed by atoms with Crippen LogP contribution in [0, 0.1) is 0 Å². The van der Waals surface area contributed by atoms with Crippen LogP contribution in [0.25, 0.3) is 22.3 Å². The molecule has 186 valence electrons. The minimum absolute atomic E-state index is 0.0187. The van der Waals surface area contributed by atoms with Gasteiger partial charge < -0.3 is 15.5 Å². The van der Waals surface area contributed by atoms with Crippen LogP contribution in [-0.2, 0) is 4.79 Å². The summed E-state index contributed by atoms with van der Waals surface area (Å²) in [5.41, 5.74) is 9.99. The van der Waals surface area contributed by atoms with E-state index in [1.165, 1.54) is 0 Å². The summed E-state index contributed by atoms with van der Waals surface area (Å²) in [6, 6.07) is 2.68. The monoisotopic (exact) mass is 476 g/mol. The zero-order chi connectivity index (χ0) is 24.9. The van der Waals surface area contributed by atoms with Crippen LogP contribution in [0.15, 0.2) is 49.7 Å². The summed E-state index contributed by atoms with van der Waals surface area (Å²) >= 11 is 0. The second kappa shape index (κ2) is 10.9. The van der Waals surface area contributed by atoms with Crippen molar-refractivity contribution in [3.8, 4) is 11.3 Å². The maximum atomic E-state index is 11.9. The van der Waals surface area contributed by atoms with E-state index in [4.69, 9.17) is 10.7 Å². The molecule has 9 nitrogen and oxygen atoms in total. The highest BCUT2D eigenvalue weighted by atomic mass is 16.2. The van der Waals surface area contributed by atoms with Gasteiger partial charge in [0.2, 0.25) is 5.91 Å². The molecule has 0 aliphatic carbocycles. The number of hydrogen-bond acceptors (Lipinski definition) is 6. The van der Waals surface area contributed by atoms with Crippen molar-refractivity contribution in [1.29, 1.82) is 0 Å². The average Bonchev–Trinajstić information content (AvgIpc) is 3.57. The molecule has 1 amide bonds. The van der Waals surface area contributed by atoms with E-state index in [1.54, 1.807) is 6.20 Å². The van der Waals surface area contributed by atoms with Gasteiger partial charge in [0.15, 0.2) is 0 Å². The lowest BCUT2D eigenvalue weighted by molar-refractivity contribution is -0.131. The molecule has 0 atom stereocenters. The van der Waals surface area contributed by atoms with Gasteiger partial charge in [0.1, 0.15) is 0 Å². The summed E-state index contributed by atoms with van der Waals surface area (Å²) in [4.78, 5) is 21.0. The molecule has 1 saturated heterocycles. The van der Waals surface area contributed by atoms with Crippen LogP contribution in [0.3, 0.4) is 0 Å². The Bertz CT molecular complexity index is 1200. The Morgan fingerprint density at radius 2 is 2.00 bits per heavy atom. The average molecular weight is 477 g/mol. The molecule has 0 radical (unpaired) electrons. The third kappa shape index (κ3) is 5.14. The van der Waals surface area contributed by atoms with E-state index in [9.17, 15) is 4.79 Å². The smallest absolute Gasteiger partial charge is 0.236 e. The molecule has 2 N–H and O–H groups in total. The standard InChI is InChI=1S/C26H36N8O/c1-5-19(16-31(4)22-9-12-32(13-10-22)25(35)14-27)23-18-34-24(8-11-28-34)26(30-23)20-15-29-33(17-20)21(6-2)7-3/h5,8,11,15-18,21-22H,1,6-7,9-10,12-14,27H2,2-4H3/b19-16+. The van der Waals surface area contributed by atoms with E-state index in [-0.39, 0.29) is 12.5 Å². The highest BCUT2D eigenvalue weighted by Crippen LogP contribution is 2.27. The molecule has 4 heterocycles. The third-order valence-corrected chi connectivity index (χ3v) is 7.01. The van der Waals surface area contributed by atoms with Crippen molar-refractivity contribution in [2.24, 2.45) is 5.73 Å². The van der Waals surface area contributed by atoms with Crippen LogP contribution < -0.4 is 5.73 Å². The van der Waals surface area contributed by atoms with Crippen LogP contribution >= 0.6 is 0 Å².